The minimum Gasteiger partial charge on any atom is -0.365 e. The van der Waals surface area contributed by atoms with Crippen LogP contribution in [-0.4, -0.2) is 7.11 Å². The van der Waals surface area contributed by atoms with Crippen LogP contribution in [0.15, 0.2) is 47.6 Å². The Balaban J connectivity index is 2.33. The fourth-order valence-electron chi connectivity index (χ4n) is 3.09. The first-order valence-electron chi connectivity index (χ1n) is 5.72. The molecule has 2 atom stereocenters. The van der Waals surface area contributed by atoms with Gasteiger partial charge in [-0.1, -0.05) is 35.9 Å². The van der Waals surface area contributed by atoms with Crippen LogP contribution < -0.4 is 0 Å². The summed E-state index contributed by atoms with van der Waals surface area (Å²) < 4.78 is 5.83. The van der Waals surface area contributed by atoms with E-state index in [2.05, 4.69) is 50.3 Å². The SMILES string of the molecule is CO[C@@]12C=C(C)[C@@H](C=C1C)c1ccccc12. The molecule has 4 rings (SSSR count). The van der Waals surface area contributed by atoms with E-state index < -0.39 is 0 Å². The third kappa shape index (κ3) is 0.992. The zero-order chi connectivity index (χ0) is 11.3. The standard InChI is InChI=1S/C15H16O/c1-10-9-15(16-3)11(2)8-13(10)12-6-4-5-7-14(12)15/h4-9,13H,1-3H3/t13-,15+/m1/s1. The van der Waals surface area contributed by atoms with Gasteiger partial charge in [0.15, 0.2) is 0 Å². The first kappa shape index (κ1) is 9.86. The second kappa shape index (κ2) is 3.08. The highest BCUT2D eigenvalue weighted by Crippen LogP contribution is 2.51. The van der Waals surface area contributed by atoms with Gasteiger partial charge in [-0.3, -0.25) is 0 Å². The lowest BCUT2D eigenvalue weighted by atomic mass is 9.66. The Hall–Kier alpha value is -1.34. The highest BCUT2D eigenvalue weighted by Gasteiger charge is 2.43. The number of allylic oxidation sites excluding steroid dienone is 2. The van der Waals surface area contributed by atoms with Crippen molar-refractivity contribution in [3.8, 4) is 0 Å². The number of hydrogen-bond donors (Lipinski definition) is 0. The fourth-order valence-corrected chi connectivity index (χ4v) is 3.09. The second-order valence-electron chi connectivity index (χ2n) is 4.74. The van der Waals surface area contributed by atoms with Gasteiger partial charge in [0, 0.05) is 13.0 Å². The summed E-state index contributed by atoms with van der Waals surface area (Å²) in [6.07, 6.45) is 4.61. The number of hydrogen-bond acceptors (Lipinski definition) is 1. The van der Waals surface area contributed by atoms with Crippen molar-refractivity contribution in [1.82, 2.24) is 0 Å². The molecule has 0 spiro atoms. The molecule has 1 aromatic rings. The highest BCUT2D eigenvalue weighted by atomic mass is 16.5. The monoisotopic (exact) mass is 212 g/mol. The maximum Gasteiger partial charge on any atom is 0.132 e. The molecular formula is C15H16O. The van der Waals surface area contributed by atoms with E-state index in [1.165, 1.54) is 22.3 Å². The van der Waals surface area contributed by atoms with Crippen molar-refractivity contribution in [2.75, 3.05) is 7.11 Å². The summed E-state index contributed by atoms with van der Waals surface area (Å²) in [4.78, 5) is 0. The summed E-state index contributed by atoms with van der Waals surface area (Å²) >= 11 is 0. The van der Waals surface area contributed by atoms with Crippen LogP contribution in [0.1, 0.15) is 30.9 Å². The number of ether oxygens (including phenoxy) is 1. The van der Waals surface area contributed by atoms with E-state index in [9.17, 15) is 0 Å². The molecule has 0 N–H and O–H groups in total. The first-order chi connectivity index (χ1) is 7.69. The van der Waals surface area contributed by atoms with Gasteiger partial charge in [-0.15, -0.1) is 0 Å². The van der Waals surface area contributed by atoms with Crippen LogP contribution in [0.2, 0.25) is 0 Å². The molecule has 0 amide bonds. The molecule has 0 aliphatic heterocycles. The Morgan fingerprint density at radius 2 is 1.94 bits per heavy atom. The summed E-state index contributed by atoms with van der Waals surface area (Å²) in [5, 5.41) is 0. The number of benzene rings is 1. The molecule has 0 radical (unpaired) electrons. The maximum absolute atomic E-state index is 5.83. The summed E-state index contributed by atoms with van der Waals surface area (Å²) in [6, 6.07) is 8.61. The quantitative estimate of drug-likeness (QED) is 0.647. The van der Waals surface area contributed by atoms with Gasteiger partial charge in [-0.25, -0.2) is 0 Å². The Labute approximate surface area is 96.4 Å². The van der Waals surface area contributed by atoms with Crippen LogP contribution in [0.25, 0.3) is 0 Å². The van der Waals surface area contributed by atoms with Crippen LogP contribution in [0.5, 0.6) is 0 Å². The van der Waals surface area contributed by atoms with E-state index in [0.29, 0.717) is 5.92 Å². The average Bonchev–Trinajstić information content (AvgIpc) is 2.31. The molecule has 0 saturated heterocycles. The van der Waals surface area contributed by atoms with E-state index in [0.717, 1.165) is 0 Å². The molecule has 0 unspecified atom stereocenters. The van der Waals surface area contributed by atoms with E-state index in [4.69, 9.17) is 4.74 Å². The topological polar surface area (TPSA) is 9.23 Å². The van der Waals surface area contributed by atoms with E-state index >= 15 is 0 Å². The maximum atomic E-state index is 5.83. The second-order valence-corrected chi connectivity index (χ2v) is 4.74. The van der Waals surface area contributed by atoms with Gasteiger partial charge < -0.3 is 4.74 Å². The Kier molecular flexibility index (Phi) is 1.90. The molecular weight excluding hydrogens is 196 g/mol. The van der Waals surface area contributed by atoms with Crippen LogP contribution in [0.4, 0.5) is 0 Å². The van der Waals surface area contributed by atoms with E-state index in [-0.39, 0.29) is 5.60 Å². The van der Waals surface area contributed by atoms with Crippen LogP contribution in [0.3, 0.4) is 0 Å². The zero-order valence-electron chi connectivity index (χ0n) is 9.95. The van der Waals surface area contributed by atoms with Crippen molar-refractivity contribution < 1.29 is 4.74 Å². The van der Waals surface area contributed by atoms with Gasteiger partial charge in [-0.05, 0) is 36.6 Å². The van der Waals surface area contributed by atoms with Gasteiger partial charge in [0.1, 0.15) is 5.60 Å². The normalized spacial score (nSPS) is 30.8. The third-order valence-electron chi connectivity index (χ3n) is 3.94. The minimum absolute atomic E-state index is 0.310. The first-order valence-corrected chi connectivity index (χ1v) is 5.72. The molecule has 82 valence electrons. The lowest BCUT2D eigenvalue weighted by molar-refractivity contribution is 0.0544. The predicted octanol–water partition coefficient (Wildman–Crippen LogP) is 3.53. The molecule has 0 fully saturated rings. The van der Waals surface area contributed by atoms with Gasteiger partial charge in [0.05, 0.1) is 0 Å². The number of methoxy groups -OCH3 is 1. The van der Waals surface area contributed by atoms with Gasteiger partial charge in [0.25, 0.3) is 0 Å². The molecule has 1 aromatic carbocycles. The third-order valence-corrected chi connectivity index (χ3v) is 3.94. The molecule has 2 bridgehead atoms. The largest absolute Gasteiger partial charge is 0.365 e. The molecule has 0 heterocycles. The van der Waals surface area contributed by atoms with Crippen LogP contribution in [0, 0.1) is 0 Å². The van der Waals surface area contributed by atoms with Gasteiger partial charge in [0.2, 0.25) is 0 Å². The molecule has 0 saturated carbocycles. The molecule has 1 nitrogen and oxygen atoms in total. The lowest BCUT2D eigenvalue weighted by Gasteiger charge is -2.44. The molecule has 3 aliphatic rings. The van der Waals surface area contributed by atoms with Gasteiger partial charge in [-0.2, -0.15) is 0 Å². The highest BCUT2D eigenvalue weighted by molar-refractivity contribution is 5.58. The molecule has 0 aromatic heterocycles. The molecule has 3 aliphatic carbocycles. The van der Waals surface area contributed by atoms with Crippen LogP contribution in [-0.2, 0) is 10.3 Å². The Morgan fingerprint density at radius 3 is 2.69 bits per heavy atom. The fraction of sp³-hybridized carbons (Fsp3) is 0.333. The van der Waals surface area contributed by atoms with E-state index in [1.54, 1.807) is 7.11 Å². The lowest BCUT2D eigenvalue weighted by Crippen LogP contribution is -2.37. The molecule has 16 heavy (non-hydrogen) atoms. The smallest absolute Gasteiger partial charge is 0.132 e. The van der Waals surface area contributed by atoms with Crippen molar-refractivity contribution in [3.63, 3.8) is 0 Å². The summed E-state index contributed by atoms with van der Waals surface area (Å²) in [7, 11) is 1.80. The average molecular weight is 212 g/mol. The minimum atomic E-state index is -0.310. The summed E-state index contributed by atoms with van der Waals surface area (Å²) in [5.74, 6) is 0.452. The summed E-state index contributed by atoms with van der Waals surface area (Å²) in [6.45, 7) is 4.35. The van der Waals surface area contributed by atoms with Crippen molar-refractivity contribution in [2.24, 2.45) is 0 Å². The van der Waals surface area contributed by atoms with Crippen molar-refractivity contribution in [3.05, 3.63) is 58.7 Å². The molecule has 1 heteroatoms. The zero-order valence-corrected chi connectivity index (χ0v) is 9.95. The van der Waals surface area contributed by atoms with Crippen molar-refractivity contribution in [1.29, 1.82) is 0 Å². The van der Waals surface area contributed by atoms with Crippen LogP contribution >= 0.6 is 0 Å². The van der Waals surface area contributed by atoms with E-state index in [1.807, 2.05) is 0 Å². The summed E-state index contributed by atoms with van der Waals surface area (Å²) in [5.41, 5.74) is 5.11. The Morgan fingerprint density at radius 1 is 1.19 bits per heavy atom. The van der Waals surface area contributed by atoms with Crippen molar-refractivity contribution in [2.45, 2.75) is 25.4 Å². The number of rotatable bonds is 1. The van der Waals surface area contributed by atoms with Gasteiger partial charge >= 0.3 is 0 Å². The Bertz CT molecular complexity index is 510. The van der Waals surface area contributed by atoms with Crippen molar-refractivity contribution >= 4 is 0 Å². The predicted molar refractivity (Wildman–Crippen MR) is 65.4 cm³/mol.